The van der Waals surface area contributed by atoms with Gasteiger partial charge in [-0.3, -0.25) is 14.4 Å². The second-order valence-corrected chi connectivity index (χ2v) is 14.1. The summed E-state index contributed by atoms with van der Waals surface area (Å²) in [5, 5.41) is 2.88. The van der Waals surface area contributed by atoms with Crippen molar-refractivity contribution >= 4 is 39.1 Å². The molecule has 2 aromatic rings. The van der Waals surface area contributed by atoms with E-state index >= 15 is 0 Å². The Morgan fingerprint density at radius 1 is 0.927 bits per heavy atom. The van der Waals surface area contributed by atoms with Crippen molar-refractivity contribution in [1.82, 2.24) is 4.90 Å². The van der Waals surface area contributed by atoms with Gasteiger partial charge in [0.2, 0.25) is 0 Å². The first-order chi connectivity index (χ1) is 19.3. The number of rotatable bonds is 6. The van der Waals surface area contributed by atoms with Gasteiger partial charge < -0.3 is 15.0 Å². The van der Waals surface area contributed by atoms with Crippen LogP contribution in [0.3, 0.4) is 0 Å². The maximum Gasteiger partial charge on any atom is 0.262 e. The van der Waals surface area contributed by atoms with E-state index in [-0.39, 0.29) is 34.9 Å². The van der Waals surface area contributed by atoms with Gasteiger partial charge in [-0.2, -0.15) is 0 Å². The molecule has 0 saturated heterocycles. The highest BCUT2D eigenvalue weighted by atomic mass is 79.9. The smallest absolute Gasteiger partial charge is 0.262 e. The van der Waals surface area contributed by atoms with Gasteiger partial charge in [0.15, 0.2) is 18.2 Å². The summed E-state index contributed by atoms with van der Waals surface area (Å²) in [6.45, 7) is 13.1. The fourth-order valence-corrected chi connectivity index (χ4v) is 6.97. The third kappa shape index (κ3) is 5.92. The van der Waals surface area contributed by atoms with E-state index in [0.717, 1.165) is 39.8 Å². The van der Waals surface area contributed by atoms with Crippen LogP contribution in [0.2, 0.25) is 0 Å². The monoisotopic (exact) mass is 618 g/mol. The molecule has 3 aliphatic rings. The zero-order valence-electron chi connectivity index (χ0n) is 24.8. The molecule has 6 nitrogen and oxygen atoms in total. The average molecular weight is 620 g/mol. The van der Waals surface area contributed by atoms with Gasteiger partial charge in [-0.1, -0.05) is 61.3 Å². The van der Waals surface area contributed by atoms with Crippen LogP contribution in [-0.4, -0.2) is 35.5 Å². The number of hydrogen-bond acceptors (Lipinski definition) is 5. The number of benzene rings is 2. The number of nitrogens with one attached hydrogen (secondary N) is 1. The lowest BCUT2D eigenvalue weighted by Crippen LogP contribution is -2.44. The molecule has 216 valence electrons. The standard InChI is InChI=1S/C34H39BrN2O4/c1-7-37-24-15-33(3,4)17-26(38)31(24)30(32-25(37)16-34(5,6)18-27(32)39)23-14-21(35)10-13-28(23)41-19-29(40)36-22-11-8-20(2)9-12-22/h8-14,30H,7,15-19H2,1-6H3,(H,36,40). The molecule has 7 heteroatoms. The Bertz CT molecular complexity index is 1430. The number of anilines is 1. The quantitative estimate of drug-likeness (QED) is 0.363. The maximum atomic E-state index is 14.0. The highest BCUT2D eigenvalue weighted by Gasteiger charge is 2.49. The molecular formula is C34H39BrN2O4. The van der Waals surface area contributed by atoms with Gasteiger partial charge >= 0.3 is 0 Å². The minimum atomic E-state index is -0.539. The summed E-state index contributed by atoms with van der Waals surface area (Å²) >= 11 is 3.61. The molecule has 0 bridgehead atoms. The molecule has 0 saturated carbocycles. The summed E-state index contributed by atoms with van der Waals surface area (Å²) in [6, 6.07) is 13.2. The molecule has 0 unspecified atom stereocenters. The number of hydrogen-bond donors (Lipinski definition) is 1. The van der Waals surface area contributed by atoms with Crippen molar-refractivity contribution < 1.29 is 19.1 Å². The molecule has 1 aliphatic heterocycles. The van der Waals surface area contributed by atoms with Crippen molar-refractivity contribution in [3.63, 3.8) is 0 Å². The van der Waals surface area contributed by atoms with Crippen LogP contribution in [0.25, 0.3) is 0 Å². The summed E-state index contributed by atoms with van der Waals surface area (Å²) in [5.74, 6) is -0.174. The molecule has 0 fully saturated rings. The number of halogens is 1. The first-order valence-corrected chi connectivity index (χ1v) is 15.2. The molecule has 0 spiro atoms. The van der Waals surface area contributed by atoms with Crippen LogP contribution >= 0.6 is 15.9 Å². The zero-order chi connectivity index (χ0) is 29.7. The number of carbonyl (C=O) groups is 3. The minimum Gasteiger partial charge on any atom is -0.483 e. The van der Waals surface area contributed by atoms with Crippen molar-refractivity contribution in [2.75, 3.05) is 18.5 Å². The lowest BCUT2D eigenvalue weighted by atomic mass is 9.63. The summed E-state index contributed by atoms with van der Waals surface area (Å²) in [4.78, 5) is 43.0. The van der Waals surface area contributed by atoms with E-state index in [1.807, 2.05) is 49.4 Å². The highest BCUT2D eigenvalue weighted by Crippen LogP contribution is 2.55. The minimum absolute atomic E-state index is 0.0759. The number of allylic oxidation sites excluding steroid dienone is 4. The molecule has 41 heavy (non-hydrogen) atoms. The number of Topliss-reactive ketones (excluding diaryl/α,β-unsaturated/α-hetero) is 2. The van der Waals surface area contributed by atoms with Crippen molar-refractivity contribution in [3.05, 3.63) is 80.6 Å². The molecule has 5 rings (SSSR count). The fourth-order valence-electron chi connectivity index (χ4n) is 6.59. The third-order valence-corrected chi connectivity index (χ3v) is 8.81. The van der Waals surface area contributed by atoms with Crippen molar-refractivity contribution in [3.8, 4) is 5.75 Å². The first-order valence-electron chi connectivity index (χ1n) is 14.4. The highest BCUT2D eigenvalue weighted by molar-refractivity contribution is 9.10. The predicted octanol–water partition coefficient (Wildman–Crippen LogP) is 7.48. The number of nitrogens with zero attached hydrogens (tertiary/aromatic N) is 1. The van der Waals surface area contributed by atoms with Crippen LogP contribution in [0.1, 0.15) is 77.3 Å². The Morgan fingerprint density at radius 2 is 1.49 bits per heavy atom. The van der Waals surface area contributed by atoms with Crippen LogP contribution in [0.5, 0.6) is 5.75 Å². The van der Waals surface area contributed by atoms with E-state index in [1.165, 1.54) is 0 Å². The van der Waals surface area contributed by atoms with Crippen LogP contribution in [-0.2, 0) is 14.4 Å². The van der Waals surface area contributed by atoms with Gasteiger partial charge in [-0.05, 0) is 67.9 Å². The van der Waals surface area contributed by atoms with E-state index in [4.69, 9.17) is 4.74 Å². The van der Waals surface area contributed by atoms with Crippen molar-refractivity contribution in [2.24, 2.45) is 10.8 Å². The summed E-state index contributed by atoms with van der Waals surface area (Å²) in [7, 11) is 0. The number of aryl methyl sites for hydroxylation is 1. The van der Waals surface area contributed by atoms with E-state index in [2.05, 4.69) is 60.8 Å². The van der Waals surface area contributed by atoms with Gasteiger partial charge in [-0.15, -0.1) is 0 Å². The van der Waals surface area contributed by atoms with E-state index in [0.29, 0.717) is 42.0 Å². The fraction of sp³-hybridized carbons (Fsp3) is 0.441. The molecule has 0 aromatic heterocycles. The Labute approximate surface area is 251 Å². The van der Waals surface area contributed by atoms with E-state index in [9.17, 15) is 14.4 Å². The van der Waals surface area contributed by atoms with Crippen LogP contribution < -0.4 is 10.1 Å². The molecule has 1 amide bonds. The van der Waals surface area contributed by atoms with Crippen LogP contribution in [0.15, 0.2) is 69.5 Å². The Morgan fingerprint density at radius 3 is 2.02 bits per heavy atom. The lowest BCUT2D eigenvalue weighted by Gasteiger charge is -2.49. The van der Waals surface area contributed by atoms with Gasteiger partial charge in [-0.25, -0.2) is 0 Å². The Balaban J connectivity index is 1.58. The summed E-state index contributed by atoms with van der Waals surface area (Å²) in [5.41, 5.74) is 5.63. The van der Waals surface area contributed by atoms with Gasteiger partial charge in [0.05, 0.1) is 0 Å². The molecule has 1 heterocycles. The molecule has 1 N–H and O–H groups in total. The van der Waals surface area contributed by atoms with Crippen LogP contribution in [0.4, 0.5) is 5.69 Å². The predicted molar refractivity (Wildman–Crippen MR) is 165 cm³/mol. The Kier molecular flexibility index (Phi) is 7.79. The SMILES string of the molecule is CCN1C2=C(C(=O)CC(C)(C)C2)C(c2cc(Br)ccc2OCC(=O)Nc2ccc(C)cc2)C2=C1CC(C)(C)CC2=O. The number of carbonyl (C=O) groups excluding carboxylic acids is 3. The average Bonchev–Trinajstić information content (AvgIpc) is 2.87. The second-order valence-electron chi connectivity index (χ2n) is 13.2. The number of ketones is 2. The van der Waals surface area contributed by atoms with Gasteiger partial charge in [0, 0.05) is 63.6 Å². The molecule has 2 aromatic carbocycles. The molecule has 0 radical (unpaired) electrons. The van der Waals surface area contributed by atoms with Crippen LogP contribution in [0, 0.1) is 17.8 Å². The van der Waals surface area contributed by atoms with Crippen molar-refractivity contribution in [1.29, 1.82) is 0 Å². The topological polar surface area (TPSA) is 75.7 Å². The van der Waals surface area contributed by atoms with Gasteiger partial charge in [0.25, 0.3) is 5.91 Å². The molecule has 0 atom stereocenters. The normalized spacial score (nSPS) is 20.1. The molecule has 2 aliphatic carbocycles. The largest absolute Gasteiger partial charge is 0.483 e. The number of amides is 1. The second kappa shape index (κ2) is 10.9. The zero-order valence-corrected chi connectivity index (χ0v) is 26.4. The molecular weight excluding hydrogens is 580 g/mol. The summed E-state index contributed by atoms with van der Waals surface area (Å²) < 4.78 is 6.97. The lowest BCUT2D eigenvalue weighted by molar-refractivity contribution is -0.120. The summed E-state index contributed by atoms with van der Waals surface area (Å²) in [6.07, 6.45) is 2.36. The third-order valence-electron chi connectivity index (χ3n) is 8.31. The maximum absolute atomic E-state index is 14.0. The van der Waals surface area contributed by atoms with E-state index in [1.54, 1.807) is 0 Å². The first kappa shape index (κ1) is 29.3. The Hall–Kier alpha value is -3.19. The number of ether oxygens (including phenoxy) is 1. The van der Waals surface area contributed by atoms with Gasteiger partial charge in [0.1, 0.15) is 5.75 Å². The van der Waals surface area contributed by atoms with Crippen molar-refractivity contribution in [2.45, 2.75) is 73.1 Å². The van der Waals surface area contributed by atoms with E-state index < -0.39 is 5.92 Å².